The summed E-state index contributed by atoms with van der Waals surface area (Å²) in [6, 6.07) is 5.85. The van der Waals surface area contributed by atoms with Crippen molar-refractivity contribution in [2.45, 2.75) is 31.5 Å². The van der Waals surface area contributed by atoms with E-state index in [0.717, 1.165) is 34.2 Å². The minimum Gasteiger partial charge on any atom is -0.494 e. The summed E-state index contributed by atoms with van der Waals surface area (Å²) < 4.78 is 5.49. The van der Waals surface area contributed by atoms with Gasteiger partial charge in [-0.15, -0.1) is 0 Å². The zero-order valence-electron chi connectivity index (χ0n) is 12.8. The first-order valence-electron chi connectivity index (χ1n) is 7.21. The SMILES string of the molecule is CCNC(C)(CO)CSc1nc2ccc(OCC)cc2[nH]1. The van der Waals surface area contributed by atoms with Gasteiger partial charge in [0.2, 0.25) is 0 Å². The Labute approximate surface area is 129 Å². The maximum Gasteiger partial charge on any atom is 0.166 e. The Morgan fingerprint density at radius 2 is 2.24 bits per heavy atom. The predicted octanol–water partition coefficient (Wildman–Crippen LogP) is 2.41. The van der Waals surface area contributed by atoms with Gasteiger partial charge in [0.25, 0.3) is 0 Å². The molecule has 6 heteroatoms. The van der Waals surface area contributed by atoms with Gasteiger partial charge < -0.3 is 20.1 Å². The van der Waals surface area contributed by atoms with Crippen LogP contribution in [0.15, 0.2) is 23.4 Å². The second kappa shape index (κ2) is 7.15. The molecule has 0 saturated carbocycles. The number of H-pyrrole nitrogens is 1. The van der Waals surface area contributed by atoms with Gasteiger partial charge in [-0.3, -0.25) is 0 Å². The quantitative estimate of drug-likeness (QED) is 0.653. The molecule has 0 bridgehead atoms. The van der Waals surface area contributed by atoms with Crippen molar-refractivity contribution in [2.75, 3.05) is 25.5 Å². The number of rotatable bonds is 8. The summed E-state index contributed by atoms with van der Waals surface area (Å²) in [5.41, 5.74) is 1.60. The van der Waals surface area contributed by atoms with Crippen molar-refractivity contribution in [1.82, 2.24) is 15.3 Å². The fourth-order valence-electron chi connectivity index (χ4n) is 2.10. The van der Waals surface area contributed by atoms with Crippen molar-refractivity contribution in [1.29, 1.82) is 0 Å². The van der Waals surface area contributed by atoms with Crippen LogP contribution in [0.1, 0.15) is 20.8 Å². The number of thioether (sulfide) groups is 1. The minimum atomic E-state index is -0.297. The van der Waals surface area contributed by atoms with Crippen LogP contribution in [0.2, 0.25) is 0 Å². The Kier molecular flexibility index (Phi) is 5.50. The minimum absolute atomic E-state index is 0.0998. The number of hydrogen-bond donors (Lipinski definition) is 3. The molecule has 1 aromatic heterocycles. The van der Waals surface area contributed by atoms with Crippen LogP contribution in [0, 0.1) is 0 Å². The Bertz CT molecular complexity index is 587. The number of likely N-dealkylation sites (N-methyl/N-ethyl adjacent to an activating group) is 1. The van der Waals surface area contributed by atoms with E-state index in [4.69, 9.17) is 4.74 Å². The van der Waals surface area contributed by atoms with Crippen LogP contribution in [0.5, 0.6) is 5.75 Å². The number of benzene rings is 1. The van der Waals surface area contributed by atoms with E-state index in [1.54, 1.807) is 11.8 Å². The average molecular weight is 309 g/mol. The van der Waals surface area contributed by atoms with Crippen LogP contribution in [-0.2, 0) is 0 Å². The second-order valence-corrected chi connectivity index (χ2v) is 6.16. The average Bonchev–Trinajstić information content (AvgIpc) is 2.88. The zero-order valence-corrected chi connectivity index (χ0v) is 13.6. The normalized spacial score (nSPS) is 14.3. The fourth-order valence-corrected chi connectivity index (χ4v) is 3.09. The second-order valence-electron chi connectivity index (χ2n) is 5.19. The highest BCUT2D eigenvalue weighted by molar-refractivity contribution is 7.99. The smallest absolute Gasteiger partial charge is 0.166 e. The van der Waals surface area contributed by atoms with Gasteiger partial charge in [0, 0.05) is 17.4 Å². The molecular formula is C15H23N3O2S. The highest BCUT2D eigenvalue weighted by Crippen LogP contribution is 2.25. The maximum atomic E-state index is 9.51. The Balaban J connectivity index is 2.08. The van der Waals surface area contributed by atoms with Crippen molar-refractivity contribution in [3.63, 3.8) is 0 Å². The van der Waals surface area contributed by atoms with Gasteiger partial charge in [-0.1, -0.05) is 18.7 Å². The number of imidazole rings is 1. The van der Waals surface area contributed by atoms with Crippen LogP contribution in [0.3, 0.4) is 0 Å². The number of hydrogen-bond acceptors (Lipinski definition) is 5. The first-order valence-corrected chi connectivity index (χ1v) is 8.20. The van der Waals surface area contributed by atoms with Gasteiger partial charge >= 0.3 is 0 Å². The molecule has 2 rings (SSSR count). The lowest BCUT2D eigenvalue weighted by molar-refractivity contribution is 0.194. The summed E-state index contributed by atoms with van der Waals surface area (Å²) in [6.07, 6.45) is 0. The number of aliphatic hydroxyl groups is 1. The van der Waals surface area contributed by atoms with Crippen LogP contribution in [0.25, 0.3) is 11.0 Å². The van der Waals surface area contributed by atoms with E-state index in [-0.39, 0.29) is 12.1 Å². The van der Waals surface area contributed by atoms with Gasteiger partial charge in [-0.2, -0.15) is 0 Å². The zero-order chi connectivity index (χ0) is 15.3. The molecule has 2 aromatic rings. The van der Waals surface area contributed by atoms with Gasteiger partial charge in [0.05, 0.1) is 24.2 Å². The summed E-state index contributed by atoms with van der Waals surface area (Å²) >= 11 is 1.61. The Morgan fingerprint density at radius 1 is 1.43 bits per heavy atom. The molecule has 0 aliphatic heterocycles. The van der Waals surface area contributed by atoms with Crippen LogP contribution in [0.4, 0.5) is 0 Å². The van der Waals surface area contributed by atoms with Crippen molar-refractivity contribution >= 4 is 22.8 Å². The first kappa shape index (κ1) is 16.1. The van der Waals surface area contributed by atoms with Gasteiger partial charge in [-0.05, 0) is 32.5 Å². The van der Waals surface area contributed by atoms with E-state index in [2.05, 4.69) is 15.3 Å². The predicted molar refractivity (Wildman–Crippen MR) is 87.2 cm³/mol. The van der Waals surface area contributed by atoms with Crippen molar-refractivity contribution in [3.05, 3.63) is 18.2 Å². The highest BCUT2D eigenvalue weighted by atomic mass is 32.2. The maximum absolute atomic E-state index is 9.51. The van der Waals surface area contributed by atoms with Crippen LogP contribution in [-0.4, -0.2) is 46.1 Å². The number of fused-ring (bicyclic) bond motifs is 1. The topological polar surface area (TPSA) is 70.2 Å². The molecule has 1 aromatic carbocycles. The number of aromatic nitrogens is 2. The van der Waals surface area contributed by atoms with E-state index in [0.29, 0.717) is 6.61 Å². The number of ether oxygens (including phenoxy) is 1. The molecule has 0 spiro atoms. The third kappa shape index (κ3) is 4.12. The Morgan fingerprint density at radius 3 is 2.90 bits per heavy atom. The lowest BCUT2D eigenvalue weighted by atomic mass is 10.1. The molecule has 0 radical (unpaired) electrons. The van der Waals surface area contributed by atoms with Gasteiger partial charge in [0.15, 0.2) is 5.16 Å². The lowest BCUT2D eigenvalue weighted by Gasteiger charge is -2.27. The summed E-state index contributed by atoms with van der Waals surface area (Å²) in [5, 5.41) is 13.7. The number of aromatic amines is 1. The van der Waals surface area contributed by atoms with E-state index >= 15 is 0 Å². The van der Waals surface area contributed by atoms with Crippen molar-refractivity contribution < 1.29 is 9.84 Å². The molecule has 21 heavy (non-hydrogen) atoms. The summed E-state index contributed by atoms with van der Waals surface area (Å²) in [5.74, 6) is 1.59. The van der Waals surface area contributed by atoms with Crippen LogP contribution < -0.4 is 10.1 Å². The molecule has 0 saturated heterocycles. The molecule has 1 heterocycles. The highest BCUT2D eigenvalue weighted by Gasteiger charge is 2.22. The summed E-state index contributed by atoms with van der Waals surface area (Å²) in [7, 11) is 0. The molecule has 0 fully saturated rings. The Hall–Kier alpha value is -1.24. The van der Waals surface area contributed by atoms with Gasteiger partial charge in [-0.25, -0.2) is 4.98 Å². The molecule has 1 unspecified atom stereocenters. The van der Waals surface area contributed by atoms with Gasteiger partial charge in [0.1, 0.15) is 5.75 Å². The third-order valence-corrected chi connectivity index (χ3v) is 4.47. The van der Waals surface area contributed by atoms with E-state index in [1.807, 2.05) is 39.0 Å². The van der Waals surface area contributed by atoms with Crippen molar-refractivity contribution in [2.24, 2.45) is 0 Å². The standard InChI is InChI=1S/C15H23N3O2S/c1-4-16-15(3,9-19)10-21-14-17-12-7-6-11(20-5-2)8-13(12)18-14/h6-8,16,19H,4-5,9-10H2,1-3H3,(H,17,18). The number of aliphatic hydroxyl groups excluding tert-OH is 1. The largest absolute Gasteiger partial charge is 0.494 e. The monoisotopic (exact) mass is 309 g/mol. The first-order chi connectivity index (χ1) is 10.1. The number of nitrogens with one attached hydrogen (secondary N) is 2. The molecule has 0 aliphatic carbocycles. The number of nitrogens with zero attached hydrogens (tertiary/aromatic N) is 1. The molecule has 116 valence electrons. The molecule has 5 nitrogen and oxygen atoms in total. The molecular weight excluding hydrogens is 286 g/mol. The summed E-state index contributed by atoms with van der Waals surface area (Å²) in [4.78, 5) is 7.85. The molecule has 1 atom stereocenters. The molecule has 0 amide bonds. The lowest BCUT2D eigenvalue weighted by Crippen LogP contribution is -2.47. The van der Waals surface area contributed by atoms with E-state index < -0.39 is 0 Å². The van der Waals surface area contributed by atoms with Crippen molar-refractivity contribution in [3.8, 4) is 5.75 Å². The summed E-state index contributed by atoms with van der Waals surface area (Å²) in [6.45, 7) is 7.60. The van der Waals surface area contributed by atoms with Crippen LogP contribution >= 0.6 is 11.8 Å². The molecule has 0 aliphatic rings. The molecule has 3 N–H and O–H groups in total. The fraction of sp³-hybridized carbons (Fsp3) is 0.533. The third-order valence-electron chi connectivity index (χ3n) is 3.22. The van der Waals surface area contributed by atoms with E-state index in [1.165, 1.54) is 0 Å². The van der Waals surface area contributed by atoms with E-state index in [9.17, 15) is 5.11 Å².